The highest BCUT2D eigenvalue weighted by molar-refractivity contribution is 5.22. The molecule has 5 nitrogen and oxygen atoms in total. The Bertz CT molecular complexity index is 730. The number of hydrogen-bond donors (Lipinski definition) is 0. The second-order valence-electron chi connectivity index (χ2n) is 8.26. The molecule has 2 saturated heterocycles. The Kier molecular flexibility index (Phi) is 5.89. The zero-order chi connectivity index (χ0) is 18.6. The lowest BCUT2D eigenvalue weighted by atomic mass is 9.96. The van der Waals surface area contributed by atoms with Gasteiger partial charge in [-0.15, -0.1) is 10.2 Å². The molecule has 2 aliphatic heterocycles. The molecule has 0 amide bonds. The van der Waals surface area contributed by atoms with Crippen LogP contribution in [0.5, 0.6) is 0 Å². The quantitative estimate of drug-likeness (QED) is 0.785. The van der Waals surface area contributed by atoms with Crippen molar-refractivity contribution in [3.63, 3.8) is 0 Å². The van der Waals surface area contributed by atoms with E-state index >= 15 is 0 Å². The lowest BCUT2D eigenvalue weighted by Crippen LogP contribution is -2.35. The Balaban J connectivity index is 1.39. The topological polar surface area (TPSA) is 37.2 Å². The fraction of sp³-hybridized carbons (Fsp3) is 0.636. The van der Waals surface area contributed by atoms with E-state index in [1.165, 1.54) is 62.3 Å². The predicted molar refractivity (Wildman–Crippen MR) is 109 cm³/mol. The van der Waals surface area contributed by atoms with Crippen LogP contribution in [0.15, 0.2) is 24.3 Å². The second kappa shape index (κ2) is 8.53. The van der Waals surface area contributed by atoms with E-state index < -0.39 is 0 Å². The molecule has 5 heteroatoms. The van der Waals surface area contributed by atoms with Gasteiger partial charge in [0, 0.05) is 26.1 Å². The molecule has 1 aromatic carbocycles. The van der Waals surface area contributed by atoms with Gasteiger partial charge in [-0.2, -0.15) is 0 Å². The highest BCUT2D eigenvalue weighted by Gasteiger charge is 2.26. The number of rotatable bonds is 6. The van der Waals surface area contributed by atoms with Crippen LogP contribution >= 0.6 is 0 Å². The van der Waals surface area contributed by atoms with Crippen molar-refractivity contribution >= 4 is 0 Å². The van der Waals surface area contributed by atoms with Crippen LogP contribution in [-0.4, -0.2) is 50.7 Å². The van der Waals surface area contributed by atoms with E-state index in [-0.39, 0.29) is 0 Å². The maximum absolute atomic E-state index is 4.61. The molecule has 0 saturated carbocycles. The van der Waals surface area contributed by atoms with Crippen molar-refractivity contribution in [1.29, 1.82) is 0 Å². The molecule has 1 atom stereocenters. The zero-order valence-electron chi connectivity index (χ0n) is 16.9. The summed E-state index contributed by atoms with van der Waals surface area (Å²) in [7, 11) is 2.16. The Labute approximate surface area is 163 Å². The lowest BCUT2D eigenvalue weighted by molar-refractivity contribution is 0.195. The van der Waals surface area contributed by atoms with Crippen LogP contribution in [0.4, 0.5) is 0 Å². The zero-order valence-corrected chi connectivity index (χ0v) is 16.9. The summed E-state index contributed by atoms with van der Waals surface area (Å²) in [5.41, 5.74) is 2.83. The minimum atomic E-state index is 0.499. The van der Waals surface area contributed by atoms with E-state index in [4.69, 9.17) is 0 Å². The van der Waals surface area contributed by atoms with Gasteiger partial charge in [0.25, 0.3) is 0 Å². The van der Waals surface area contributed by atoms with E-state index in [2.05, 4.69) is 62.8 Å². The first-order valence-electron chi connectivity index (χ1n) is 10.6. The molecule has 0 bridgehead atoms. The molecule has 0 spiro atoms. The molecular weight excluding hydrogens is 334 g/mol. The van der Waals surface area contributed by atoms with Crippen LogP contribution in [0.3, 0.4) is 0 Å². The number of benzene rings is 1. The normalized spacial score (nSPS) is 21.8. The van der Waals surface area contributed by atoms with Crippen LogP contribution in [0.2, 0.25) is 0 Å². The van der Waals surface area contributed by atoms with Crippen molar-refractivity contribution < 1.29 is 0 Å². The van der Waals surface area contributed by atoms with Crippen LogP contribution in [0.25, 0.3) is 0 Å². The largest absolute Gasteiger partial charge is 0.317 e. The van der Waals surface area contributed by atoms with E-state index in [9.17, 15) is 0 Å². The summed E-state index contributed by atoms with van der Waals surface area (Å²) in [4.78, 5) is 5.09. The first kappa shape index (κ1) is 18.6. The molecular formula is C22H33N5. The van der Waals surface area contributed by atoms with Gasteiger partial charge in [0.2, 0.25) is 0 Å². The third-order valence-corrected chi connectivity index (χ3v) is 6.27. The van der Waals surface area contributed by atoms with Crippen molar-refractivity contribution in [2.45, 2.75) is 58.0 Å². The molecule has 4 rings (SSSR count). The van der Waals surface area contributed by atoms with Gasteiger partial charge in [0.1, 0.15) is 11.6 Å². The van der Waals surface area contributed by atoms with Crippen LogP contribution in [-0.2, 0) is 26.6 Å². The number of aryl methyl sites for hydroxylation is 1. The van der Waals surface area contributed by atoms with Gasteiger partial charge in [-0.25, -0.2) is 0 Å². The summed E-state index contributed by atoms with van der Waals surface area (Å²) < 4.78 is 2.27. The molecule has 0 radical (unpaired) electrons. The van der Waals surface area contributed by atoms with Gasteiger partial charge in [0.05, 0.1) is 6.54 Å². The number of piperidine rings is 1. The molecule has 3 heterocycles. The minimum Gasteiger partial charge on any atom is -0.317 e. The van der Waals surface area contributed by atoms with Crippen molar-refractivity contribution in [3.05, 3.63) is 47.0 Å². The first-order chi connectivity index (χ1) is 13.2. The number of nitrogens with zero attached hydrogens (tertiary/aromatic N) is 5. The molecule has 27 heavy (non-hydrogen) atoms. The van der Waals surface area contributed by atoms with Crippen molar-refractivity contribution in [3.8, 4) is 0 Å². The highest BCUT2D eigenvalue weighted by atomic mass is 15.3. The number of hydrogen-bond acceptors (Lipinski definition) is 4. The first-order valence-corrected chi connectivity index (χ1v) is 10.6. The SMILES string of the molecule is CCc1ccc(CN2CCC[C@@H](c3nnc(CN4CCCC4)n3C)C2)cc1. The second-order valence-corrected chi connectivity index (χ2v) is 8.26. The lowest BCUT2D eigenvalue weighted by Gasteiger charge is -2.32. The van der Waals surface area contributed by atoms with Gasteiger partial charge in [-0.05, 0) is 62.9 Å². The predicted octanol–water partition coefficient (Wildman–Crippen LogP) is 3.35. The van der Waals surface area contributed by atoms with E-state index in [1.807, 2.05) is 0 Å². The molecule has 146 valence electrons. The average Bonchev–Trinajstić information content (AvgIpc) is 3.33. The van der Waals surface area contributed by atoms with Gasteiger partial charge in [-0.3, -0.25) is 9.80 Å². The summed E-state index contributed by atoms with van der Waals surface area (Å²) in [5.74, 6) is 2.80. The molecule has 1 aromatic heterocycles. The number of likely N-dealkylation sites (tertiary alicyclic amines) is 2. The summed E-state index contributed by atoms with van der Waals surface area (Å²) in [6.07, 6.45) is 6.22. The summed E-state index contributed by atoms with van der Waals surface area (Å²) in [6.45, 7) is 8.88. The number of aromatic nitrogens is 3. The average molecular weight is 368 g/mol. The van der Waals surface area contributed by atoms with Crippen LogP contribution in [0.1, 0.15) is 61.3 Å². The van der Waals surface area contributed by atoms with E-state index in [0.717, 1.165) is 31.9 Å². The Morgan fingerprint density at radius 2 is 1.59 bits per heavy atom. The molecule has 2 fully saturated rings. The van der Waals surface area contributed by atoms with E-state index in [0.29, 0.717) is 5.92 Å². The minimum absolute atomic E-state index is 0.499. The molecule has 0 N–H and O–H groups in total. The van der Waals surface area contributed by atoms with Crippen molar-refractivity contribution in [1.82, 2.24) is 24.6 Å². The third-order valence-electron chi connectivity index (χ3n) is 6.27. The fourth-order valence-corrected chi connectivity index (χ4v) is 4.56. The fourth-order valence-electron chi connectivity index (χ4n) is 4.56. The van der Waals surface area contributed by atoms with Crippen molar-refractivity contribution in [2.75, 3.05) is 26.2 Å². The van der Waals surface area contributed by atoms with Crippen LogP contribution in [0, 0.1) is 0 Å². The third kappa shape index (κ3) is 4.41. The molecule has 2 aromatic rings. The van der Waals surface area contributed by atoms with Gasteiger partial charge < -0.3 is 4.57 Å². The van der Waals surface area contributed by atoms with Gasteiger partial charge in [0.15, 0.2) is 0 Å². The maximum atomic E-state index is 4.61. The molecule has 2 aliphatic rings. The van der Waals surface area contributed by atoms with Gasteiger partial charge in [-0.1, -0.05) is 31.2 Å². The smallest absolute Gasteiger partial charge is 0.146 e. The van der Waals surface area contributed by atoms with Crippen LogP contribution < -0.4 is 0 Å². The Morgan fingerprint density at radius 1 is 0.889 bits per heavy atom. The summed E-state index contributed by atoms with van der Waals surface area (Å²) >= 11 is 0. The standard InChI is InChI=1S/C22H33N5/c1-3-18-8-10-19(11-9-18)15-27-14-6-7-20(16-27)22-24-23-21(25(22)2)17-26-12-4-5-13-26/h8-11,20H,3-7,12-17H2,1-2H3/t20-/m1/s1. The molecule has 0 unspecified atom stereocenters. The van der Waals surface area contributed by atoms with Crippen molar-refractivity contribution in [2.24, 2.45) is 7.05 Å². The Morgan fingerprint density at radius 3 is 2.33 bits per heavy atom. The van der Waals surface area contributed by atoms with E-state index in [1.54, 1.807) is 0 Å². The summed E-state index contributed by atoms with van der Waals surface area (Å²) in [6, 6.07) is 9.12. The highest BCUT2D eigenvalue weighted by Crippen LogP contribution is 2.27. The monoisotopic (exact) mass is 367 g/mol. The molecule has 0 aliphatic carbocycles. The Hall–Kier alpha value is -1.72. The van der Waals surface area contributed by atoms with Gasteiger partial charge >= 0.3 is 0 Å². The maximum Gasteiger partial charge on any atom is 0.146 e. The summed E-state index contributed by atoms with van der Waals surface area (Å²) in [5, 5.41) is 9.14.